The number of halogens is 3. The topological polar surface area (TPSA) is 88.5 Å². The minimum absolute atomic E-state index is 0.143. The Balaban J connectivity index is 1.36. The molecule has 0 saturated carbocycles. The van der Waals surface area contributed by atoms with Crippen LogP contribution in [0.15, 0.2) is 33.5 Å². The molecule has 1 saturated heterocycles. The van der Waals surface area contributed by atoms with E-state index >= 15 is 4.39 Å². The summed E-state index contributed by atoms with van der Waals surface area (Å²) in [5.74, 6) is -0.650. The number of aromatic nitrogens is 3. The van der Waals surface area contributed by atoms with Crippen molar-refractivity contribution in [2.45, 2.75) is 26.2 Å². The van der Waals surface area contributed by atoms with Gasteiger partial charge in [0, 0.05) is 36.7 Å². The molecule has 5 rings (SSSR count). The Labute approximate surface area is 228 Å². The standard InChI is InChI=1S/C24H22Br2FN5O3S/c1-2-35-24(34)13-3-6-31(7-4-13)21-17(26)10-16(20(27)30-21)22-29-18-5-8-32(23(33)19(18)36-22)15-9-14(25)11-28-12-15/h9-13H,2-8H2,1H3. The number of anilines is 2. The summed E-state index contributed by atoms with van der Waals surface area (Å²) in [5, 5.41) is 0.417. The SMILES string of the molecule is CCOC(=O)C1CCN(c2nc(F)c(-c3nc4c(s3)C(=O)N(c3cncc(Br)c3)CC4)cc2Br)CC1. The highest BCUT2D eigenvalue weighted by Crippen LogP contribution is 2.38. The number of hydrogen-bond donors (Lipinski definition) is 0. The van der Waals surface area contributed by atoms with Crippen molar-refractivity contribution in [1.82, 2.24) is 15.0 Å². The molecule has 0 atom stereocenters. The second kappa shape index (κ2) is 10.5. The summed E-state index contributed by atoms with van der Waals surface area (Å²) < 4.78 is 21.8. The summed E-state index contributed by atoms with van der Waals surface area (Å²) in [4.78, 5) is 42.3. The van der Waals surface area contributed by atoms with Crippen LogP contribution in [0.4, 0.5) is 15.9 Å². The average molecular weight is 639 g/mol. The van der Waals surface area contributed by atoms with E-state index in [0.29, 0.717) is 77.1 Å². The molecule has 2 aliphatic heterocycles. The Morgan fingerprint density at radius 1 is 1.19 bits per heavy atom. The highest BCUT2D eigenvalue weighted by molar-refractivity contribution is 9.10. The van der Waals surface area contributed by atoms with Gasteiger partial charge in [-0.3, -0.25) is 14.6 Å². The second-order valence-corrected chi connectivity index (χ2v) is 11.3. The summed E-state index contributed by atoms with van der Waals surface area (Å²) in [7, 11) is 0. The van der Waals surface area contributed by atoms with Gasteiger partial charge in [-0.05, 0) is 63.8 Å². The van der Waals surface area contributed by atoms with Gasteiger partial charge in [0.25, 0.3) is 5.91 Å². The zero-order chi connectivity index (χ0) is 25.4. The average Bonchev–Trinajstić information content (AvgIpc) is 3.31. The van der Waals surface area contributed by atoms with Gasteiger partial charge in [0.1, 0.15) is 15.7 Å². The molecule has 188 valence electrons. The van der Waals surface area contributed by atoms with Gasteiger partial charge in [-0.1, -0.05) is 0 Å². The van der Waals surface area contributed by atoms with Crippen LogP contribution in [-0.2, 0) is 16.0 Å². The molecule has 0 aromatic carbocycles. The lowest BCUT2D eigenvalue weighted by molar-refractivity contribution is -0.148. The van der Waals surface area contributed by atoms with Gasteiger partial charge in [-0.2, -0.15) is 4.39 Å². The summed E-state index contributed by atoms with van der Waals surface area (Å²) in [6, 6.07) is 3.51. The number of fused-ring (bicyclic) bond motifs is 1. The molecule has 0 unspecified atom stereocenters. The largest absolute Gasteiger partial charge is 0.466 e. The highest BCUT2D eigenvalue weighted by atomic mass is 79.9. The van der Waals surface area contributed by atoms with Gasteiger partial charge in [0.15, 0.2) is 0 Å². The predicted octanol–water partition coefficient (Wildman–Crippen LogP) is 5.25. The number of amides is 1. The van der Waals surface area contributed by atoms with Crippen molar-refractivity contribution in [3.05, 3.63) is 50.0 Å². The fourth-order valence-corrected chi connectivity index (χ4v) is 6.44. The zero-order valence-electron chi connectivity index (χ0n) is 19.3. The second-order valence-electron chi connectivity index (χ2n) is 8.51. The summed E-state index contributed by atoms with van der Waals surface area (Å²) in [6.07, 6.45) is 5.12. The van der Waals surface area contributed by atoms with E-state index in [2.05, 4.69) is 46.8 Å². The maximum atomic E-state index is 15.2. The molecule has 2 aliphatic rings. The molecule has 3 aromatic heterocycles. The van der Waals surface area contributed by atoms with E-state index in [0.717, 1.165) is 4.47 Å². The number of hydrogen-bond acceptors (Lipinski definition) is 8. The van der Waals surface area contributed by atoms with Crippen LogP contribution >= 0.6 is 43.2 Å². The van der Waals surface area contributed by atoms with Gasteiger partial charge < -0.3 is 14.5 Å². The minimum atomic E-state index is -0.646. The number of piperidine rings is 1. The Morgan fingerprint density at radius 2 is 1.97 bits per heavy atom. The molecule has 12 heteroatoms. The molecule has 5 heterocycles. The van der Waals surface area contributed by atoms with Crippen LogP contribution in [0.3, 0.4) is 0 Å². The van der Waals surface area contributed by atoms with E-state index in [9.17, 15) is 9.59 Å². The van der Waals surface area contributed by atoms with Crippen LogP contribution in [0.1, 0.15) is 35.1 Å². The van der Waals surface area contributed by atoms with Crippen molar-refractivity contribution in [2.24, 2.45) is 5.92 Å². The number of rotatable bonds is 5. The Bertz CT molecular complexity index is 1330. The van der Waals surface area contributed by atoms with Gasteiger partial charge >= 0.3 is 5.97 Å². The van der Waals surface area contributed by atoms with Crippen LogP contribution in [0.5, 0.6) is 0 Å². The molecular weight excluding hydrogens is 617 g/mol. The first kappa shape index (κ1) is 25.2. The molecule has 8 nitrogen and oxygen atoms in total. The van der Waals surface area contributed by atoms with Crippen molar-refractivity contribution in [3.63, 3.8) is 0 Å². The molecule has 36 heavy (non-hydrogen) atoms. The van der Waals surface area contributed by atoms with Gasteiger partial charge in [0.2, 0.25) is 5.95 Å². The van der Waals surface area contributed by atoms with Crippen molar-refractivity contribution in [3.8, 4) is 10.6 Å². The van der Waals surface area contributed by atoms with Crippen molar-refractivity contribution >= 4 is 66.6 Å². The summed E-state index contributed by atoms with van der Waals surface area (Å²) >= 11 is 8.11. The number of carbonyl (C=O) groups excluding carboxylic acids is 2. The minimum Gasteiger partial charge on any atom is -0.466 e. The lowest BCUT2D eigenvalue weighted by Crippen LogP contribution is -2.37. The third-order valence-corrected chi connectivity index (χ3v) is 8.40. The van der Waals surface area contributed by atoms with Crippen molar-refractivity contribution in [1.29, 1.82) is 0 Å². The Hall–Kier alpha value is -2.44. The molecular formula is C24H22Br2FN5O3S. The van der Waals surface area contributed by atoms with Crippen LogP contribution in [0, 0.1) is 11.9 Å². The lowest BCUT2D eigenvalue weighted by Gasteiger charge is -2.32. The van der Waals surface area contributed by atoms with Gasteiger partial charge in [-0.25, -0.2) is 9.97 Å². The smallest absolute Gasteiger partial charge is 0.309 e. The highest BCUT2D eigenvalue weighted by Gasteiger charge is 2.32. The van der Waals surface area contributed by atoms with E-state index in [-0.39, 0.29) is 23.4 Å². The Morgan fingerprint density at radius 3 is 2.69 bits per heavy atom. The number of thiazole rings is 1. The first-order valence-corrected chi connectivity index (χ1v) is 14.0. The van der Waals surface area contributed by atoms with E-state index in [1.807, 2.05) is 11.0 Å². The fourth-order valence-electron chi connectivity index (χ4n) is 4.46. The number of esters is 1. The quantitative estimate of drug-likeness (QED) is 0.279. The number of pyridine rings is 2. The normalized spacial score (nSPS) is 16.3. The number of carbonyl (C=O) groups is 2. The van der Waals surface area contributed by atoms with E-state index in [1.54, 1.807) is 30.3 Å². The van der Waals surface area contributed by atoms with Crippen LogP contribution < -0.4 is 9.80 Å². The van der Waals surface area contributed by atoms with E-state index in [4.69, 9.17) is 4.74 Å². The monoisotopic (exact) mass is 637 g/mol. The van der Waals surface area contributed by atoms with Crippen LogP contribution in [0.25, 0.3) is 10.6 Å². The Kier molecular flexibility index (Phi) is 7.36. The van der Waals surface area contributed by atoms with E-state index < -0.39 is 5.95 Å². The first-order valence-electron chi connectivity index (χ1n) is 11.6. The third-order valence-electron chi connectivity index (χ3n) is 6.27. The molecule has 0 radical (unpaired) electrons. The maximum Gasteiger partial charge on any atom is 0.309 e. The van der Waals surface area contributed by atoms with Crippen molar-refractivity contribution < 1.29 is 18.7 Å². The third kappa shape index (κ3) is 4.90. The molecule has 0 N–H and O–H groups in total. The van der Waals surface area contributed by atoms with Gasteiger partial charge in [-0.15, -0.1) is 11.3 Å². The van der Waals surface area contributed by atoms with E-state index in [1.165, 1.54) is 11.3 Å². The molecule has 0 bridgehead atoms. The molecule has 0 spiro atoms. The fraction of sp³-hybridized carbons (Fsp3) is 0.375. The maximum absolute atomic E-state index is 15.2. The summed E-state index contributed by atoms with van der Waals surface area (Å²) in [5.41, 5.74) is 1.61. The molecule has 1 amide bonds. The number of ether oxygens (including phenoxy) is 1. The lowest BCUT2D eigenvalue weighted by atomic mass is 9.97. The van der Waals surface area contributed by atoms with Gasteiger partial charge in [0.05, 0.1) is 40.1 Å². The molecule has 3 aromatic rings. The van der Waals surface area contributed by atoms with Crippen LogP contribution in [-0.4, -0.2) is 53.1 Å². The van der Waals surface area contributed by atoms with Crippen molar-refractivity contribution in [2.75, 3.05) is 36.0 Å². The van der Waals surface area contributed by atoms with Crippen LogP contribution in [0.2, 0.25) is 0 Å². The first-order chi connectivity index (χ1) is 17.4. The molecule has 0 aliphatic carbocycles. The predicted molar refractivity (Wildman–Crippen MR) is 142 cm³/mol. The summed E-state index contributed by atoms with van der Waals surface area (Å²) in [6.45, 7) is 3.79. The zero-order valence-corrected chi connectivity index (χ0v) is 23.3. The number of nitrogens with zero attached hydrogens (tertiary/aromatic N) is 5. The molecule has 1 fully saturated rings.